The Morgan fingerprint density at radius 3 is 1.29 bits per heavy atom. The van der Waals surface area contributed by atoms with E-state index in [9.17, 15) is 0 Å². The number of ether oxygens (including phenoxy) is 4. The van der Waals surface area contributed by atoms with Gasteiger partial charge in [-0.25, -0.2) is 0 Å². The summed E-state index contributed by atoms with van der Waals surface area (Å²) in [6.45, 7) is 2.79. The molecule has 0 radical (unpaired) electrons. The Hall–Kier alpha value is 0.670. The van der Waals surface area contributed by atoms with Gasteiger partial charge in [-0.3, -0.25) is 0 Å². The first-order valence-corrected chi connectivity index (χ1v) is 17.5. The van der Waals surface area contributed by atoms with Crippen molar-refractivity contribution in [3.63, 3.8) is 0 Å². The Kier molecular flexibility index (Phi) is 9.06. The van der Waals surface area contributed by atoms with E-state index in [-0.39, 0.29) is 0 Å². The molecule has 0 aliphatic carbocycles. The van der Waals surface area contributed by atoms with Crippen LogP contribution in [0.25, 0.3) is 0 Å². The quantitative estimate of drug-likeness (QED) is 0.476. The van der Waals surface area contributed by atoms with E-state index in [0.717, 1.165) is 6.42 Å². The van der Waals surface area contributed by atoms with E-state index in [0.29, 0.717) is 24.1 Å². The van der Waals surface area contributed by atoms with E-state index in [1.165, 1.54) is 0 Å². The summed E-state index contributed by atoms with van der Waals surface area (Å²) in [5, 5.41) is 0. The predicted octanol–water partition coefficient (Wildman–Crippen LogP) is 1.43. The van der Waals surface area contributed by atoms with Crippen LogP contribution < -0.4 is 0 Å². The zero-order chi connectivity index (χ0) is 13.2. The molecular weight excluding hydrogens is 391 g/mol. The molecule has 0 saturated carbocycles. The summed E-state index contributed by atoms with van der Waals surface area (Å²) in [4.78, 5) is 0. The Morgan fingerprint density at radius 2 is 1.06 bits per heavy atom. The van der Waals surface area contributed by atoms with E-state index in [2.05, 4.69) is 6.92 Å². The molecule has 0 amide bonds. The molecule has 0 atom stereocenters. The van der Waals surface area contributed by atoms with Crippen molar-refractivity contribution in [1.29, 1.82) is 0 Å². The van der Waals surface area contributed by atoms with Gasteiger partial charge in [-0.05, 0) is 0 Å². The number of methoxy groups -OCH3 is 4. The minimum absolute atomic E-state index is 0.576. The third-order valence-corrected chi connectivity index (χ3v) is 21.1. The zero-order valence-corrected chi connectivity index (χ0v) is 15.4. The van der Waals surface area contributed by atoms with E-state index in [1.54, 1.807) is 28.4 Å². The normalized spacial score (nSPS) is 14.5. The topological polar surface area (TPSA) is 46.2 Å². The molecule has 0 aliphatic heterocycles. The summed E-state index contributed by atoms with van der Waals surface area (Å²) in [6.07, 6.45) is 0.965. The second kappa shape index (κ2) is 8.72. The standard InChI is InChI=1S/C3H7O.4C2H5O.Hf/c1-2-3-4;4*1-3-2;/h2-3H2,1H3;4*1H2,2H3;/q-1;;;;;+1. The molecule has 0 aliphatic rings. The van der Waals surface area contributed by atoms with Gasteiger partial charge in [0.05, 0.1) is 0 Å². The predicted molar refractivity (Wildman–Crippen MR) is 63.7 cm³/mol. The molecule has 0 saturated heterocycles. The molecule has 0 rings (SSSR count). The van der Waals surface area contributed by atoms with Crippen molar-refractivity contribution in [3.8, 4) is 0 Å². The summed E-state index contributed by atoms with van der Waals surface area (Å²) in [5.41, 5.74) is 0. The number of hydrogen-bond donors (Lipinski definition) is 0. The Bertz CT molecular complexity index is 165. The SMILES string of the molecule is CCC[O][Hf]([CH2]OC)([CH2]OC)([CH2]OC)[CH2]OC. The van der Waals surface area contributed by atoms with Crippen molar-refractivity contribution >= 4 is 0 Å². The molecule has 0 N–H and O–H groups in total. The van der Waals surface area contributed by atoms with Crippen LogP contribution in [0.1, 0.15) is 13.3 Å². The van der Waals surface area contributed by atoms with Crippen LogP contribution in [0.2, 0.25) is 0 Å². The molecule has 105 valence electrons. The van der Waals surface area contributed by atoms with Crippen LogP contribution in [0.15, 0.2) is 0 Å². The molecule has 0 heterocycles. The van der Waals surface area contributed by atoms with E-state index in [4.69, 9.17) is 21.8 Å². The van der Waals surface area contributed by atoms with E-state index < -0.39 is 18.9 Å². The molecular formula is C11H27HfO5. The average molecular weight is 418 g/mol. The number of hydrogen-bond acceptors (Lipinski definition) is 5. The van der Waals surface area contributed by atoms with Crippen LogP contribution in [0, 0.1) is 0 Å². The van der Waals surface area contributed by atoms with Gasteiger partial charge in [0.1, 0.15) is 0 Å². The molecule has 0 aromatic carbocycles. The van der Waals surface area contributed by atoms with E-state index >= 15 is 0 Å². The monoisotopic (exact) mass is 419 g/mol. The maximum absolute atomic E-state index is 6.25. The van der Waals surface area contributed by atoms with Gasteiger partial charge in [-0.1, -0.05) is 0 Å². The Morgan fingerprint density at radius 1 is 0.706 bits per heavy atom. The molecule has 0 aromatic rings. The minimum atomic E-state index is -3.86. The molecule has 17 heavy (non-hydrogen) atoms. The maximum atomic E-state index is 6.25. The fraction of sp³-hybridized carbons (Fsp3) is 1.00. The van der Waals surface area contributed by atoms with Crippen molar-refractivity contribution in [1.82, 2.24) is 0 Å². The van der Waals surface area contributed by atoms with Crippen LogP contribution in [-0.4, -0.2) is 52.5 Å². The van der Waals surface area contributed by atoms with Gasteiger partial charge in [0.15, 0.2) is 0 Å². The Balaban J connectivity index is 5.10. The average Bonchev–Trinajstić information content (AvgIpc) is 2.28. The molecule has 0 fully saturated rings. The van der Waals surface area contributed by atoms with Crippen LogP contribution >= 0.6 is 0 Å². The van der Waals surface area contributed by atoms with Crippen LogP contribution in [0.3, 0.4) is 0 Å². The first-order valence-electron chi connectivity index (χ1n) is 5.90. The molecule has 0 aromatic heterocycles. The second-order valence-corrected chi connectivity index (χ2v) is 24.8. The van der Waals surface area contributed by atoms with Crippen molar-refractivity contribution < 1.29 is 40.7 Å². The van der Waals surface area contributed by atoms with Crippen molar-refractivity contribution in [3.05, 3.63) is 0 Å². The molecule has 5 nitrogen and oxygen atoms in total. The van der Waals surface area contributed by atoms with Gasteiger partial charge in [0.2, 0.25) is 0 Å². The second-order valence-electron chi connectivity index (χ2n) is 4.66. The van der Waals surface area contributed by atoms with Crippen molar-refractivity contribution in [2.24, 2.45) is 0 Å². The van der Waals surface area contributed by atoms with Gasteiger partial charge < -0.3 is 0 Å². The van der Waals surface area contributed by atoms with Crippen LogP contribution in [0.5, 0.6) is 0 Å². The van der Waals surface area contributed by atoms with Crippen molar-refractivity contribution in [2.45, 2.75) is 13.3 Å². The summed E-state index contributed by atoms with van der Waals surface area (Å²) in [7, 11) is 6.75. The third-order valence-electron chi connectivity index (χ3n) is 2.75. The van der Waals surface area contributed by atoms with Crippen molar-refractivity contribution in [2.75, 3.05) is 52.5 Å². The zero-order valence-electron chi connectivity index (χ0n) is 11.8. The number of rotatable bonds is 11. The van der Waals surface area contributed by atoms with E-state index in [1.807, 2.05) is 0 Å². The summed E-state index contributed by atoms with van der Waals surface area (Å²) < 4.78 is 30.1. The fourth-order valence-corrected chi connectivity index (χ4v) is 18.6. The fourth-order valence-electron chi connectivity index (χ4n) is 2.27. The van der Waals surface area contributed by atoms with Crippen LogP contribution in [-0.2, 0) is 40.7 Å². The molecule has 0 bridgehead atoms. The first kappa shape index (κ1) is 17.7. The molecule has 0 unspecified atom stereocenters. The summed E-state index contributed by atoms with van der Waals surface area (Å²) in [5.74, 6) is 0. The van der Waals surface area contributed by atoms with Gasteiger partial charge in [-0.15, -0.1) is 0 Å². The summed E-state index contributed by atoms with van der Waals surface area (Å²) >= 11 is -3.86. The first-order chi connectivity index (χ1) is 8.12. The Labute approximate surface area is 106 Å². The third kappa shape index (κ3) is 5.04. The molecule has 0 spiro atoms. The van der Waals surface area contributed by atoms with Gasteiger partial charge >= 0.3 is 107 Å². The van der Waals surface area contributed by atoms with Gasteiger partial charge in [0.25, 0.3) is 0 Å². The van der Waals surface area contributed by atoms with Crippen LogP contribution in [0.4, 0.5) is 0 Å². The summed E-state index contributed by atoms with van der Waals surface area (Å²) in [6, 6.07) is 0. The molecule has 6 heteroatoms. The van der Waals surface area contributed by atoms with Gasteiger partial charge in [0, 0.05) is 0 Å². The van der Waals surface area contributed by atoms with Gasteiger partial charge in [-0.2, -0.15) is 0 Å².